The summed E-state index contributed by atoms with van der Waals surface area (Å²) < 4.78 is 11.4. The fourth-order valence-electron chi connectivity index (χ4n) is 3.41. The summed E-state index contributed by atoms with van der Waals surface area (Å²) in [7, 11) is 0. The molecule has 0 bridgehead atoms. The van der Waals surface area contributed by atoms with Crippen LogP contribution in [-0.2, 0) is 9.59 Å². The van der Waals surface area contributed by atoms with Gasteiger partial charge in [0.2, 0.25) is 12.0 Å². The number of benzene rings is 1. The van der Waals surface area contributed by atoms with Gasteiger partial charge in [-0.25, -0.2) is 0 Å². The number of ether oxygens (including phenoxy) is 2. The first-order valence-electron chi connectivity index (χ1n) is 8.29. The molecule has 132 valence electrons. The molecule has 0 saturated carbocycles. The average Bonchev–Trinajstić information content (AvgIpc) is 2.99. The number of piperidine rings is 1. The second kappa shape index (κ2) is 6.59. The van der Waals surface area contributed by atoms with Gasteiger partial charge in [0, 0.05) is 19.1 Å². The molecule has 2 saturated heterocycles. The van der Waals surface area contributed by atoms with Crippen molar-refractivity contribution in [2.24, 2.45) is 0 Å². The van der Waals surface area contributed by atoms with Gasteiger partial charge in [-0.1, -0.05) is 23.9 Å². The van der Waals surface area contributed by atoms with E-state index in [0.29, 0.717) is 37.4 Å². The van der Waals surface area contributed by atoms with Gasteiger partial charge in [-0.2, -0.15) is 0 Å². The van der Waals surface area contributed by atoms with Gasteiger partial charge in [0.05, 0.1) is 5.75 Å². The van der Waals surface area contributed by atoms with Crippen LogP contribution in [0.2, 0.25) is 0 Å². The molecule has 1 aromatic carbocycles. The molecule has 3 aliphatic rings. The van der Waals surface area contributed by atoms with Crippen molar-refractivity contribution in [2.75, 3.05) is 25.4 Å². The normalized spacial score (nSPS) is 23.9. The SMILES string of the molecule is O=C([C@H]1COc2ccccc2O1)N1CCC(N2C(=O)CSC2=O)CC1. The molecule has 0 unspecified atom stereocenters. The Balaban J connectivity index is 1.36. The summed E-state index contributed by atoms with van der Waals surface area (Å²) in [6.07, 6.45) is 0.555. The summed E-state index contributed by atoms with van der Waals surface area (Å²) in [5, 5.41) is -0.171. The van der Waals surface area contributed by atoms with Gasteiger partial charge >= 0.3 is 0 Å². The Morgan fingerprint density at radius 2 is 1.84 bits per heavy atom. The molecule has 0 aromatic heterocycles. The molecule has 1 atom stereocenters. The van der Waals surface area contributed by atoms with Crippen molar-refractivity contribution >= 4 is 28.8 Å². The third-order valence-electron chi connectivity index (χ3n) is 4.71. The molecule has 1 aromatic rings. The number of para-hydroxylation sites is 2. The summed E-state index contributed by atoms with van der Waals surface area (Å²) in [6.45, 7) is 1.20. The van der Waals surface area contributed by atoms with E-state index in [1.807, 2.05) is 18.2 Å². The van der Waals surface area contributed by atoms with Crippen LogP contribution < -0.4 is 9.47 Å². The topological polar surface area (TPSA) is 76.2 Å². The van der Waals surface area contributed by atoms with E-state index in [-0.39, 0.29) is 35.5 Å². The fraction of sp³-hybridized carbons (Fsp3) is 0.471. The van der Waals surface area contributed by atoms with Crippen LogP contribution in [0.4, 0.5) is 4.79 Å². The molecule has 0 spiro atoms. The second-order valence-electron chi connectivity index (χ2n) is 6.24. The number of fused-ring (bicyclic) bond motifs is 1. The monoisotopic (exact) mass is 362 g/mol. The maximum Gasteiger partial charge on any atom is 0.289 e. The first-order valence-corrected chi connectivity index (χ1v) is 9.28. The summed E-state index contributed by atoms with van der Waals surface area (Å²) in [4.78, 5) is 39.4. The minimum Gasteiger partial charge on any atom is -0.485 e. The number of imide groups is 1. The van der Waals surface area contributed by atoms with E-state index in [1.54, 1.807) is 11.0 Å². The number of nitrogens with zero attached hydrogens (tertiary/aromatic N) is 2. The molecular weight excluding hydrogens is 344 g/mol. The Kier molecular flexibility index (Phi) is 4.29. The highest BCUT2D eigenvalue weighted by atomic mass is 32.2. The summed E-state index contributed by atoms with van der Waals surface area (Å²) in [5.74, 6) is 1.22. The van der Waals surface area contributed by atoms with Crippen LogP contribution in [0.25, 0.3) is 0 Å². The van der Waals surface area contributed by atoms with Gasteiger partial charge < -0.3 is 14.4 Å². The lowest BCUT2D eigenvalue weighted by atomic mass is 10.0. The molecular formula is C17H18N2O5S. The highest BCUT2D eigenvalue weighted by Gasteiger charge is 2.39. The van der Waals surface area contributed by atoms with Crippen molar-refractivity contribution in [3.63, 3.8) is 0 Å². The Hall–Kier alpha value is -2.22. The lowest BCUT2D eigenvalue weighted by Gasteiger charge is -2.37. The largest absolute Gasteiger partial charge is 0.485 e. The predicted molar refractivity (Wildman–Crippen MR) is 90.7 cm³/mol. The number of thioether (sulfide) groups is 1. The van der Waals surface area contributed by atoms with Gasteiger partial charge in [-0.05, 0) is 25.0 Å². The van der Waals surface area contributed by atoms with Crippen LogP contribution in [0.3, 0.4) is 0 Å². The minimum atomic E-state index is -0.656. The first kappa shape index (κ1) is 16.3. The van der Waals surface area contributed by atoms with Crippen LogP contribution in [0.5, 0.6) is 11.5 Å². The standard InChI is InChI=1S/C17H18N2O5S/c20-15-10-25-17(22)19(15)11-5-7-18(8-6-11)16(21)14-9-23-12-3-1-2-4-13(12)24-14/h1-4,11,14H,5-10H2/t14-/m1/s1. The van der Waals surface area contributed by atoms with Gasteiger partial charge in [0.15, 0.2) is 11.5 Å². The van der Waals surface area contributed by atoms with E-state index in [2.05, 4.69) is 0 Å². The Morgan fingerprint density at radius 3 is 2.52 bits per heavy atom. The zero-order chi connectivity index (χ0) is 17.4. The van der Waals surface area contributed by atoms with Crippen molar-refractivity contribution in [1.82, 2.24) is 9.80 Å². The van der Waals surface area contributed by atoms with Crippen molar-refractivity contribution in [3.8, 4) is 11.5 Å². The summed E-state index contributed by atoms with van der Waals surface area (Å²) >= 11 is 1.05. The third-order valence-corrected chi connectivity index (χ3v) is 5.54. The zero-order valence-electron chi connectivity index (χ0n) is 13.6. The Morgan fingerprint density at radius 1 is 1.12 bits per heavy atom. The van der Waals surface area contributed by atoms with Crippen molar-refractivity contribution in [1.29, 1.82) is 0 Å². The van der Waals surface area contributed by atoms with Gasteiger partial charge in [-0.3, -0.25) is 19.3 Å². The maximum atomic E-state index is 12.7. The lowest BCUT2D eigenvalue weighted by molar-refractivity contribution is -0.142. The Bertz CT molecular complexity index is 701. The zero-order valence-corrected chi connectivity index (χ0v) is 14.4. The number of likely N-dealkylation sites (tertiary alicyclic amines) is 1. The van der Waals surface area contributed by atoms with Gasteiger partial charge in [0.1, 0.15) is 6.61 Å². The van der Waals surface area contributed by atoms with E-state index >= 15 is 0 Å². The number of carbonyl (C=O) groups is 3. The quantitative estimate of drug-likeness (QED) is 0.794. The van der Waals surface area contributed by atoms with Crippen molar-refractivity contribution in [2.45, 2.75) is 25.0 Å². The highest BCUT2D eigenvalue weighted by molar-refractivity contribution is 8.14. The van der Waals surface area contributed by atoms with Crippen LogP contribution >= 0.6 is 11.8 Å². The van der Waals surface area contributed by atoms with Gasteiger partial charge in [-0.15, -0.1) is 0 Å². The molecule has 2 fully saturated rings. The smallest absolute Gasteiger partial charge is 0.289 e. The summed E-state index contributed by atoms with van der Waals surface area (Å²) in [5.41, 5.74) is 0. The lowest BCUT2D eigenvalue weighted by Crippen LogP contribution is -2.52. The van der Waals surface area contributed by atoms with Crippen LogP contribution in [0, 0.1) is 0 Å². The van der Waals surface area contributed by atoms with Crippen LogP contribution in [-0.4, -0.2) is 64.4 Å². The molecule has 0 radical (unpaired) electrons. The molecule has 3 amide bonds. The molecule has 4 rings (SSSR count). The van der Waals surface area contributed by atoms with Crippen LogP contribution in [0.15, 0.2) is 24.3 Å². The number of amides is 3. The van der Waals surface area contributed by atoms with E-state index in [1.165, 1.54) is 4.90 Å². The Labute approximate surface area is 149 Å². The van der Waals surface area contributed by atoms with Gasteiger partial charge in [0.25, 0.3) is 11.1 Å². The number of rotatable bonds is 2. The van der Waals surface area contributed by atoms with E-state index in [9.17, 15) is 14.4 Å². The molecule has 0 N–H and O–H groups in total. The molecule has 3 aliphatic heterocycles. The number of hydrogen-bond donors (Lipinski definition) is 0. The number of carbonyl (C=O) groups excluding carboxylic acids is 3. The molecule has 3 heterocycles. The molecule has 0 aliphatic carbocycles. The maximum absolute atomic E-state index is 12.7. The van der Waals surface area contributed by atoms with E-state index in [0.717, 1.165) is 11.8 Å². The van der Waals surface area contributed by atoms with E-state index < -0.39 is 6.10 Å². The van der Waals surface area contributed by atoms with Crippen molar-refractivity contribution < 1.29 is 23.9 Å². The molecule has 25 heavy (non-hydrogen) atoms. The van der Waals surface area contributed by atoms with Crippen molar-refractivity contribution in [3.05, 3.63) is 24.3 Å². The van der Waals surface area contributed by atoms with Crippen LogP contribution in [0.1, 0.15) is 12.8 Å². The minimum absolute atomic E-state index is 0.108. The second-order valence-corrected chi connectivity index (χ2v) is 7.17. The highest BCUT2D eigenvalue weighted by Crippen LogP contribution is 2.32. The first-order chi connectivity index (χ1) is 12.1. The third kappa shape index (κ3) is 3.06. The fourth-order valence-corrected chi connectivity index (χ4v) is 4.18. The summed E-state index contributed by atoms with van der Waals surface area (Å²) in [6, 6.07) is 7.17. The molecule has 8 heteroatoms. The average molecular weight is 362 g/mol. The molecule has 7 nitrogen and oxygen atoms in total. The predicted octanol–water partition coefficient (Wildman–Crippen LogP) is 1.51. The van der Waals surface area contributed by atoms with E-state index in [4.69, 9.17) is 9.47 Å². The number of hydrogen-bond acceptors (Lipinski definition) is 6.